The maximum Gasteiger partial charge on any atom is 0.434 e. The Morgan fingerprint density at radius 1 is 1.33 bits per heavy atom. The summed E-state index contributed by atoms with van der Waals surface area (Å²) in [5.74, 6) is 0.397. The van der Waals surface area contributed by atoms with E-state index < -0.39 is 5.76 Å². The molecule has 0 amide bonds. The molecule has 6 heteroatoms. The molecule has 0 bridgehead atoms. The maximum absolute atomic E-state index is 10.9. The first-order chi connectivity index (χ1) is 8.81. The second-order valence-corrected chi connectivity index (χ2v) is 5.16. The number of likely N-dealkylation sites (tertiary alicyclic amines) is 1. The van der Waals surface area contributed by atoms with Gasteiger partial charge in [0.05, 0.1) is 6.10 Å². The van der Waals surface area contributed by atoms with Gasteiger partial charge in [-0.25, -0.2) is 9.89 Å². The highest BCUT2D eigenvalue weighted by Crippen LogP contribution is 2.26. The van der Waals surface area contributed by atoms with E-state index in [1.54, 1.807) is 0 Å². The zero-order valence-electron chi connectivity index (χ0n) is 10.4. The van der Waals surface area contributed by atoms with Gasteiger partial charge in [-0.3, -0.25) is 0 Å². The summed E-state index contributed by atoms with van der Waals surface area (Å²) in [6, 6.07) is 0. The van der Waals surface area contributed by atoms with E-state index >= 15 is 0 Å². The SMILES string of the molecule is O=c1[nH]nc(C2CCN(CC3CCCO3)CC2)o1. The molecule has 1 aromatic rings. The summed E-state index contributed by atoms with van der Waals surface area (Å²) in [6.07, 6.45) is 4.80. The van der Waals surface area contributed by atoms with E-state index in [1.807, 2.05) is 0 Å². The minimum absolute atomic E-state index is 0.282. The zero-order chi connectivity index (χ0) is 12.4. The van der Waals surface area contributed by atoms with Crippen molar-refractivity contribution in [2.24, 2.45) is 0 Å². The number of rotatable bonds is 3. The number of nitrogens with one attached hydrogen (secondary N) is 1. The molecular formula is C12H19N3O3. The number of aromatic nitrogens is 2. The summed E-state index contributed by atoms with van der Waals surface area (Å²) >= 11 is 0. The standard InChI is InChI=1S/C12H19N3O3/c16-12-14-13-11(18-12)9-3-5-15(6-4-9)8-10-2-1-7-17-10/h9-10H,1-8H2,(H,14,16). The number of hydrogen-bond acceptors (Lipinski definition) is 5. The fourth-order valence-electron chi connectivity index (χ4n) is 2.85. The average molecular weight is 253 g/mol. The van der Waals surface area contributed by atoms with Gasteiger partial charge in [0.25, 0.3) is 0 Å². The van der Waals surface area contributed by atoms with Gasteiger partial charge in [0.1, 0.15) is 0 Å². The van der Waals surface area contributed by atoms with E-state index in [0.717, 1.165) is 39.1 Å². The quantitative estimate of drug-likeness (QED) is 0.859. The lowest BCUT2D eigenvalue weighted by molar-refractivity contribution is 0.0630. The highest BCUT2D eigenvalue weighted by atomic mass is 16.5. The van der Waals surface area contributed by atoms with E-state index in [1.165, 1.54) is 12.8 Å². The molecule has 0 spiro atoms. The summed E-state index contributed by atoms with van der Waals surface area (Å²) in [5, 5.41) is 6.25. The van der Waals surface area contributed by atoms with Crippen LogP contribution in [0.25, 0.3) is 0 Å². The van der Waals surface area contributed by atoms with Crippen molar-refractivity contribution >= 4 is 0 Å². The molecule has 1 unspecified atom stereocenters. The van der Waals surface area contributed by atoms with Crippen molar-refractivity contribution in [3.63, 3.8) is 0 Å². The molecule has 3 heterocycles. The van der Waals surface area contributed by atoms with Gasteiger partial charge in [-0.1, -0.05) is 0 Å². The van der Waals surface area contributed by atoms with Crippen LogP contribution in [0.3, 0.4) is 0 Å². The topological polar surface area (TPSA) is 71.4 Å². The van der Waals surface area contributed by atoms with E-state index in [2.05, 4.69) is 15.1 Å². The van der Waals surface area contributed by atoms with E-state index in [9.17, 15) is 4.79 Å². The molecule has 6 nitrogen and oxygen atoms in total. The third-order valence-electron chi connectivity index (χ3n) is 3.88. The second-order valence-electron chi connectivity index (χ2n) is 5.16. The largest absolute Gasteiger partial charge is 0.434 e. The molecule has 1 N–H and O–H groups in total. The lowest BCUT2D eigenvalue weighted by Gasteiger charge is -2.31. The zero-order valence-corrected chi connectivity index (χ0v) is 10.4. The summed E-state index contributed by atoms with van der Waals surface area (Å²) in [7, 11) is 0. The first kappa shape index (κ1) is 11.9. The molecule has 2 aliphatic heterocycles. The van der Waals surface area contributed by atoms with Crippen molar-refractivity contribution in [2.75, 3.05) is 26.2 Å². The van der Waals surface area contributed by atoms with Crippen molar-refractivity contribution in [3.05, 3.63) is 16.4 Å². The molecular weight excluding hydrogens is 234 g/mol. The van der Waals surface area contributed by atoms with Crippen molar-refractivity contribution < 1.29 is 9.15 Å². The third-order valence-corrected chi connectivity index (χ3v) is 3.88. The average Bonchev–Trinajstić information content (AvgIpc) is 3.02. The fourth-order valence-corrected chi connectivity index (χ4v) is 2.85. The molecule has 100 valence electrons. The molecule has 2 fully saturated rings. The summed E-state index contributed by atoms with van der Waals surface area (Å²) in [5.41, 5.74) is 0. The van der Waals surface area contributed by atoms with Crippen molar-refractivity contribution in [2.45, 2.75) is 37.7 Å². The molecule has 0 radical (unpaired) electrons. The van der Waals surface area contributed by atoms with Crippen LogP contribution in [0.2, 0.25) is 0 Å². The van der Waals surface area contributed by atoms with Gasteiger partial charge < -0.3 is 14.1 Å². The maximum atomic E-state index is 10.9. The number of H-pyrrole nitrogens is 1. The molecule has 0 aromatic carbocycles. The van der Waals surface area contributed by atoms with Crippen LogP contribution in [0.1, 0.15) is 37.5 Å². The van der Waals surface area contributed by atoms with Gasteiger partial charge in [0, 0.05) is 19.1 Å². The molecule has 18 heavy (non-hydrogen) atoms. The van der Waals surface area contributed by atoms with Crippen molar-refractivity contribution in [3.8, 4) is 0 Å². The van der Waals surface area contributed by atoms with Crippen LogP contribution < -0.4 is 5.76 Å². The first-order valence-corrected chi connectivity index (χ1v) is 6.70. The van der Waals surface area contributed by atoms with Gasteiger partial charge in [0.15, 0.2) is 0 Å². The highest BCUT2D eigenvalue weighted by Gasteiger charge is 2.26. The Morgan fingerprint density at radius 3 is 2.78 bits per heavy atom. The number of nitrogens with zero attached hydrogens (tertiary/aromatic N) is 2. The monoisotopic (exact) mass is 253 g/mol. The lowest BCUT2D eigenvalue weighted by atomic mass is 9.96. The van der Waals surface area contributed by atoms with E-state index in [4.69, 9.17) is 9.15 Å². The minimum Gasteiger partial charge on any atom is -0.392 e. The van der Waals surface area contributed by atoms with Gasteiger partial charge in [-0.2, -0.15) is 0 Å². The molecule has 1 aromatic heterocycles. The van der Waals surface area contributed by atoms with Gasteiger partial charge in [-0.15, -0.1) is 5.10 Å². The Labute approximate surface area is 105 Å². The molecule has 0 saturated carbocycles. The Balaban J connectivity index is 1.50. The predicted molar refractivity (Wildman–Crippen MR) is 64.5 cm³/mol. The van der Waals surface area contributed by atoms with Crippen LogP contribution in [-0.2, 0) is 4.74 Å². The van der Waals surface area contributed by atoms with Crippen LogP contribution in [0.4, 0.5) is 0 Å². The van der Waals surface area contributed by atoms with E-state index in [-0.39, 0.29) is 5.92 Å². The van der Waals surface area contributed by atoms with Crippen molar-refractivity contribution in [1.29, 1.82) is 0 Å². The highest BCUT2D eigenvalue weighted by molar-refractivity contribution is 4.92. The summed E-state index contributed by atoms with van der Waals surface area (Å²) in [4.78, 5) is 13.4. The number of aromatic amines is 1. The Kier molecular flexibility index (Phi) is 3.47. The number of ether oxygens (including phenoxy) is 1. The van der Waals surface area contributed by atoms with Gasteiger partial charge >= 0.3 is 5.76 Å². The Morgan fingerprint density at radius 2 is 2.17 bits per heavy atom. The molecule has 2 aliphatic rings. The molecule has 1 atom stereocenters. The van der Waals surface area contributed by atoms with Crippen LogP contribution in [0.15, 0.2) is 9.21 Å². The van der Waals surface area contributed by atoms with E-state index in [0.29, 0.717) is 12.0 Å². The fraction of sp³-hybridized carbons (Fsp3) is 0.833. The Bertz CT molecular complexity index is 428. The van der Waals surface area contributed by atoms with Crippen LogP contribution in [0.5, 0.6) is 0 Å². The third kappa shape index (κ3) is 2.64. The molecule has 2 saturated heterocycles. The van der Waals surface area contributed by atoms with Gasteiger partial charge in [0.2, 0.25) is 5.89 Å². The van der Waals surface area contributed by atoms with Crippen LogP contribution >= 0.6 is 0 Å². The summed E-state index contributed by atoms with van der Waals surface area (Å²) < 4.78 is 10.7. The van der Waals surface area contributed by atoms with Crippen molar-refractivity contribution in [1.82, 2.24) is 15.1 Å². The minimum atomic E-state index is -0.452. The van der Waals surface area contributed by atoms with Crippen LogP contribution in [0, 0.1) is 0 Å². The Hall–Kier alpha value is -1.14. The number of piperidine rings is 1. The van der Waals surface area contributed by atoms with Gasteiger partial charge in [-0.05, 0) is 38.8 Å². The summed E-state index contributed by atoms with van der Waals surface area (Å²) in [6.45, 7) is 4.01. The second kappa shape index (κ2) is 5.24. The van der Waals surface area contributed by atoms with Crippen LogP contribution in [-0.4, -0.2) is 47.4 Å². The lowest BCUT2D eigenvalue weighted by Crippen LogP contribution is -2.38. The predicted octanol–water partition coefficient (Wildman–Crippen LogP) is 0.721. The molecule has 0 aliphatic carbocycles. The normalized spacial score (nSPS) is 26.8. The molecule has 3 rings (SSSR count). The smallest absolute Gasteiger partial charge is 0.392 e. The number of hydrogen-bond donors (Lipinski definition) is 1. The first-order valence-electron chi connectivity index (χ1n) is 6.70.